The van der Waals surface area contributed by atoms with Crippen molar-refractivity contribution in [2.75, 3.05) is 5.32 Å². The third kappa shape index (κ3) is 3.00. The van der Waals surface area contributed by atoms with Crippen molar-refractivity contribution in [2.45, 2.75) is 0 Å². The van der Waals surface area contributed by atoms with E-state index in [0.717, 1.165) is 6.07 Å². The second-order valence-corrected chi connectivity index (χ2v) is 3.41. The van der Waals surface area contributed by atoms with Crippen LogP contribution in [0.2, 0.25) is 0 Å². The van der Waals surface area contributed by atoms with Crippen molar-refractivity contribution in [3.05, 3.63) is 28.5 Å². The summed E-state index contributed by atoms with van der Waals surface area (Å²) in [4.78, 5) is 21.7. The van der Waals surface area contributed by atoms with E-state index in [-0.39, 0.29) is 10.2 Å². The summed E-state index contributed by atoms with van der Waals surface area (Å²) in [6.45, 7) is 0. The minimum atomic E-state index is -1.00. The molecule has 0 aliphatic carbocycles. The van der Waals surface area contributed by atoms with E-state index in [1.54, 1.807) is 5.43 Å². The van der Waals surface area contributed by atoms with Gasteiger partial charge in [0, 0.05) is 5.69 Å². The van der Waals surface area contributed by atoms with Crippen LogP contribution < -0.4 is 16.6 Å². The first kappa shape index (κ1) is 11.6. The Labute approximate surface area is 92.9 Å². The van der Waals surface area contributed by atoms with Crippen LogP contribution in [0.4, 0.5) is 10.1 Å². The van der Waals surface area contributed by atoms with E-state index < -0.39 is 17.6 Å². The van der Waals surface area contributed by atoms with Crippen molar-refractivity contribution < 1.29 is 14.0 Å². The SMILES string of the molecule is NNC(=O)C(=O)Nc1ccc(Br)c(F)c1. The molecule has 1 aromatic carbocycles. The molecule has 1 aromatic rings. The zero-order valence-electron chi connectivity index (χ0n) is 7.38. The van der Waals surface area contributed by atoms with Crippen molar-refractivity contribution in [3.63, 3.8) is 0 Å². The fourth-order valence-electron chi connectivity index (χ4n) is 0.827. The Kier molecular flexibility index (Phi) is 3.75. The van der Waals surface area contributed by atoms with Gasteiger partial charge in [0.05, 0.1) is 4.47 Å². The molecule has 15 heavy (non-hydrogen) atoms. The van der Waals surface area contributed by atoms with Gasteiger partial charge in [-0.25, -0.2) is 10.2 Å². The Hall–Kier alpha value is -1.47. The van der Waals surface area contributed by atoms with Gasteiger partial charge in [0.15, 0.2) is 0 Å². The van der Waals surface area contributed by atoms with Gasteiger partial charge in [-0.15, -0.1) is 0 Å². The first-order valence-corrected chi connectivity index (χ1v) is 4.61. The summed E-state index contributed by atoms with van der Waals surface area (Å²) in [5.41, 5.74) is 1.83. The molecule has 0 aromatic heterocycles. The molecule has 80 valence electrons. The fraction of sp³-hybridized carbons (Fsp3) is 0. The lowest BCUT2D eigenvalue weighted by Crippen LogP contribution is -2.39. The molecule has 0 saturated carbocycles. The van der Waals surface area contributed by atoms with Gasteiger partial charge >= 0.3 is 11.8 Å². The van der Waals surface area contributed by atoms with Crippen molar-refractivity contribution in [1.82, 2.24) is 5.43 Å². The average Bonchev–Trinajstić information content (AvgIpc) is 2.22. The minimum Gasteiger partial charge on any atom is -0.318 e. The maximum absolute atomic E-state index is 13.0. The van der Waals surface area contributed by atoms with Crippen LogP contribution in [0.3, 0.4) is 0 Å². The number of carbonyl (C=O) groups excluding carboxylic acids is 2. The molecule has 1 rings (SSSR count). The van der Waals surface area contributed by atoms with E-state index in [4.69, 9.17) is 5.84 Å². The fourth-order valence-corrected chi connectivity index (χ4v) is 1.07. The van der Waals surface area contributed by atoms with E-state index >= 15 is 0 Å². The first-order valence-electron chi connectivity index (χ1n) is 3.81. The van der Waals surface area contributed by atoms with Gasteiger partial charge in [-0.2, -0.15) is 0 Å². The van der Waals surface area contributed by atoms with Gasteiger partial charge in [-0.3, -0.25) is 15.0 Å². The third-order valence-electron chi connectivity index (χ3n) is 1.51. The Bertz CT molecular complexity index is 411. The molecule has 0 heterocycles. The number of nitrogens with two attached hydrogens (primary N) is 1. The predicted octanol–water partition coefficient (Wildman–Crippen LogP) is 0.517. The van der Waals surface area contributed by atoms with Crippen LogP contribution in [-0.2, 0) is 9.59 Å². The van der Waals surface area contributed by atoms with Gasteiger partial charge in [0.1, 0.15) is 5.82 Å². The first-order chi connectivity index (χ1) is 7.04. The van der Waals surface area contributed by atoms with Gasteiger partial charge in [-0.05, 0) is 34.1 Å². The zero-order valence-corrected chi connectivity index (χ0v) is 8.97. The third-order valence-corrected chi connectivity index (χ3v) is 2.16. The van der Waals surface area contributed by atoms with E-state index in [1.807, 2.05) is 0 Å². The van der Waals surface area contributed by atoms with Crippen molar-refractivity contribution in [3.8, 4) is 0 Å². The molecule has 0 fully saturated rings. The summed E-state index contributed by atoms with van der Waals surface area (Å²) in [6, 6.07) is 3.92. The van der Waals surface area contributed by atoms with Crippen molar-refractivity contribution >= 4 is 33.4 Å². The number of carbonyl (C=O) groups is 2. The highest BCUT2D eigenvalue weighted by molar-refractivity contribution is 9.10. The lowest BCUT2D eigenvalue weighted by molar-refractivity contribution is -0.136. The molecule has 0 aliphatic heterocycles. The lowest BCUT2D eigenvalue weighted by atomic mass is 10.3. The molecule has 7 heteroatoms. The van der Waals surface area contributed by atoms with E-state index in [1.165, 1.54) is 12.1 Å². The predicted molar refractivity (Wildman–Crippen MR) is 55.1 cm³/mol. The van der Waals surface area contributed by atoms with Crippen LogP contribution in [0.25, 0.3) is 0 Å². The molecule has 0 atom stereocenters. The number of hydrogen-bond acceptors (Lipinski definition) is 3. The second-order valence-electron chi connectivity index (χ2n) is 2.56. The molecule has 2 amide bonds. The summed E-state index contributed by atoms with van der Waals surface area (Å²) < 4.78 is 13.3. The number of hydrogen-bond donors (Lipinski definition) is 3. The standard InChI is InChI=1S/C8H7BrFN3O2/c9-5-2-1-4(3-6(5)10)12-7(14)8(15)13-11/h1-3H,11H2,(H,12,14)(H,13,15). The maximum Gasteiger partial charge on any atom is 0.323 e. The molecule has 4 N–H and O–H groups in total. The normalized spacial score (nSPS) is 9.53. The Morgan fingerprint density at radius 3 is 2.53 bits per heavy atom. The number of rotatable bonds is 1. The highest BCUT2D eigenvalue weighted by atomic mass is 79.9. The van der Waals surface area contributed by atoms with Crippen molar-refractivity contribution in [1.29, 1.82) is 0 Å². The van der Waals surface area contributed by atoms with Gasteiger partial charge in [0.2, 0.25) is 0 Å². The molecule has 0 aliphatic rings. The van der Waals surface area contributed by atoms with Gasteiger partial charge in [-0.1, -0.05) is 0 Å². The van der Waals surface area contributed by atoms with Crippen LogP contribution in [0.1, 0.15) is 0 Å². The topological polar surface area (TPSA) is 84.2 Å². The minimum absolute atomic E-state index is 0.171. The highest BCUT2D eigenvalue weighted by Gasteiger charge is 2.12. The molecule has 0 saturated heterocycles. The van der Waals surface area contributed by atoms with Gasteiger partial charge in [0.25, 0.3) is 0 Å². The Morgan fingerprint density at radius 2 is 2.00 bits per heavy atom. The van der Waals surface area contributed by atoms with Gasteiger partial charge < -0.3 is 5.32 Å². The second kappa shape index (κ2) is 4.85. The lowest BCUT2D eigenvalue weighted by Gasteiger charge is -2.04. The summed E-state index contributed by atoms with van der Waals surface area (Å²) in [7, 11) is 0. The molecular weight excluding hydrogens is 269 g/mol. The van der Waals surface area contributed by atoms with E-state index in [9.17, 15) is 14.0 Å². The largest absolute Gasteiger partial charge is 0.323 e. The summed E-state index contributed by atoms with van der Waals surface area (Å²) in [5, 5.41) is 2.17. The van der Waals surface area contributed by atoms with E-state index in [2.05, 4.69) is 21.2 Å². The van der Waals surface area contributed by atoms with Crippen LogP contribution in [0, 0.1) is 5.82 Å². The maximum atomic E-state index is 13.0. The molecule has 0 spiro atoms. The highest BCUT2D eigenvalue weighted by Crippen LogP contribution is 2.19. The quantitative estimate of drug-likeness (QED) is 0.302. The molecule has 0 bridgehead atoms. The van der Waals surface area contributed by atoms with Crippen LogP contribution in [-0.4, -0.2) is 11.8 Å². The number of halogens is 2. The van der Waals surface area contributed by atoms with Crippen molar-refractivity contribution in [2.24, 2.45) is 5.84 Å². The average molecular weight is 276 g/mol. The van der Waals surface area contributed by atoms with E-state index in [0.29, 0.717) is 0 Å². The smallest absolute Gasteiger partial charge is 0.318 e. The zero-order chi connectivity index (χ0) is 11.4. The van der Waals surface area contributed by atoms with Crippen LogP contribution >= 0.6 is 15.9 Å². The van der Waals surface area contributed by atoms with Crippen LogP contribution in [0.5, 0.6) is 0 Å². The molecule has 5 nitrogen and oxygen atoms in total. The molecular formula is C8H7BrFN3O2. The summed E-state index contributed by atoms with van der Waals surface area (Å²) in [5.74, 6) is 2.24. The Balaban J connectivity index is 2.77. The Morgan fingerprint density at radius 1 is 1.33 bits per heavy atom. The summed E-state index contributed by atoms with van der Waals surface area (Å²) >= 11 is 2.95. The number of hydrazine groups is 1. The molecule has 0 unspecified atom stereocenters. The molecule has 0 radical (unpaired) electrons. The number of anilines is 1. The van der Waals surface area contributed by atoms with Crippen LogP contribution in [0.15, 0.2) is 22.7 Å². The number of nitrogens with one attached hydrogen (secondary N) is 2. The number of amides is 2. The monoisotopic (exact) mass is 275 g/mol. The number of benzene rings is 1. The summed E-state index contributed by atoms with van der Waals surface area (Å²) in [6.07, 6.45) is 0.